The zero-order chi connectivity index (χ0) is 23.8. The second-order valence-electron chi connectivity index (χ2n) is 9.41. The van der Waals surface area contributed by atoms with Crippen LogP contribution in [0, 0.1) is 23.4 Å². The van der Waals surface area contributed by atoms with Crippen molar-refractivity contribution in [1.29, 1.82) is 0 Å². The number of carbonyl (C=O) groups is 1. The summed E-state index contributed by atoms with van der Waals surface area (Å²) in [5.74, 6) is -3.38. The minimum absolute atomic E-state index is 0.0255. The van der Waals surface area contributed by atoms with Crippen molar-refractivity contribution >= 4 is 16.1 Å². The van der Waals surface area contributed by atoms with Crippen LogP contribution in [0.4, 0.5) is 18.0 Å². The number of nitrogens with one attached hydrogen (secondary N) is 1. The third kappa shape index (κ3) is 5.30. The van der Waals surface area contributed by atoms with Crippen LogP contribution >= 0.6 is 0 Å². The van der Waals surface area contributed by atoms with Gasteiger partial charge < -0.3 is 16.0 Å². The normalized spacial score (nSPS) is 26.5. The summed E-state index contributed by atoms with van der Waals surface area (Å²) in [6.07, 6.45) is 4.54. The van der Waals surface area contributed by atoms with Crippen LogP contribution in [0.25, 0.3) is 0 Å². The zero-order valence-corrected chi connectivity index (χ0v) is 19.3. The molecule has 1 aromatic rings. The van der Waals surface area contributed by atoms with Crippen molar-refractivity contribution in [3.05, 3.63) is 35.1 Å². The Bertz CT molecular complexity index is 973. The van der Waals surface area contributed by atoms with Gasteiger partial charge in [0.15, 0.2) is 11.6 Å². The van der Waals surface area contributed by atoms with Gasteiger partial charge in [0.1, 0.15) is 5.82 Å². The number of nitrogens with two attached hydrogens (primary N) is 1. The van der Waals surface area contributed by atoms with Gasteiger partial charge in [0, 0.05) is 43.8 Å². The van der Waals surface area contributed by atoms with Gasteiger partial charge in [-0.1, -0.05) is 0 Å². The van der Waals surface area contributed by atoms with Crippen LogP contribution in [0.5, 0.6) is 0 Å². The molecule has 0 saturated carbocycles. The first-order valence-electron chi connectivity index (χ1n) is 11.6. The van der Waals surface area contributed by atoms with Crippen LogP contribution in [0.3, 0.4) is 0 Å². The first-order chi connectivity index (χ1) is 15.7. The molecule has 3 saturated heterocycles. The third-order valence-electron chi connectivity index (χ3n) is 7.20. The third-order valence-corrected chi connectivity index (χ3v) is 9.16. The number of rotatable bonds is 7. The van der Waals surface area contributed by atoms with Gasteiger partial charge >= 0.3 is 6.03 Å². The number of likely N-dealkylation sites (tertiary alicyclic amines) is 1. The van der Waals surface area contributed by atoms with Gasteiger partial charge in [-0.15, -0.1) is 0 Å². The molecule has 33 heavy (non-hydrogen) atoms. The first-order valence-corrected chi connectivity index (χ1v) is 13.2. The van der Waals surface area contributed by atoms with Crippen molar-refractivity contribution < 1.29 is 26.4 Å². The molecule has 0 radical (unpaired) electrons. The Morgan fingerprint density at radius 3 is 2.30 bits per heavy atom. The maximum Gasteiger partial charge on any atom is 0.317 e. The van der Waals surface area contributed by atoms with Crippen molar-refractivity contribution in [3.63, 3.8) is 0 Å². The van der Waals surface area contributed by atoms with Crippen LogP contribution in [0.1, 0.15) is 44.1 Å². The highest BCUT2D eigenvalue weighted by atomic mass is 32.2. The number of nitrogens with zero attached hydrogens (tertiary/aromatic N) is 2. The molecule has 3 aliphatic heterocycles. The second-order valence-corrected chi connectivity index (χ2v) is 11.4. The van der Waals surface area contributed by atoms with E-state index in [-0.39, 0.29) is 48.3 Å². The van der Waals surface area contributed by atoms with Crippen LogP contribution < -0.4 is 11.1 Å². The Labute approximate surface area is 192 Å². The van der Waals surface area contributed by atoms with E-state index >= 15 is 0 Å². The van der Waals surface area contributed by atoms with Crippen molar-refractivity contribution in [2.45, 2.75) is 63.1 Å². The Balaban J connectivity index is 1.33. The fourth-order valence-corrected chi connectivity index (χ4v) is 7.41. The topological polar surface area (TPSA) is 95.7 Å². The van der Waals surface area contributed by atoms with Crippen molar-refractivity contribution in [1.82, 2.24) is 14.5 Å². The van der Waals surface area contributed by atoms with Crippen LogP contribution in [-0.2, 0) is 16.4 Å². The minimum atomic E-state index is -3.56. The molecular weight excluding hydrogens is 457 g/mol. The SMILES string of the molecule is NC(Cc1cc(F)c(F)cc1F)C1C[C@H]2CC[C@@H](C1)N2S(=O)(=O)CCNC(=O)N1CCCC1. The lowest BCUT2D eigenvalue weighted by molar-refractivity contribution is 0.170. The molecule has 184 valence electrons. The number of sulfonamides is 1. The van der Waals surface area contributed by atoms with Gasteiger partial charge in [0.25, 0.3) is 0 Å². The predicted octanol–water partition coefficient (Wildman–Crippen LogP) is 2.35. The van der Waals surface area contributed by atoms with Gasteiger partial charge in [0.05, 0.1) is 5.75 Å². The number of piperidine rings is 1. The molecule has 1 aromatic carbocycles. The highest BCUT2D eigenvalue weighted by molar-refractivity contribution is 7.89. The smallest absolute Gasteiger partial charge is 0.317 e. The zero-order valence-electron chi connectivity index (χ0n) is 18.5. The molecule has 0 aliphatic carbocycles. The first kappa shape index (κ1) is 24.3. The Hall–Kier alpha value is -1.85. The number of benzene rings is 1. The monoisotopic (exact) mass is 488 g/mol. The number of fused-ring (bicyclic) bond motifs is 2. The van der Waals surface area contributed by atoms with Gasteiger partial charge in [-0.05, 0) is 62.5 Å². The molecule has 3 aliphatic rings. The lowest BCUT2D eigenvalue weighted by Gasteiger charge is -2.40. The Morgan fingerprint density at radius 1 is 1.06 bits per heavy atom. The van der Waals surface area contributed by atoms with Gasteiger partial charge in [-0.2, -0.15) is 4.31 Å². The fourth-order valence-electron chi connectivity index (χ4n) is 5.55. The van der Waals surface area contributed by atoms with E-state index in [1.807, 2.05) is 0 Å². The molecular formula is C22H31F3N4O3S. The molecule has 2 bridgehead atoms. The number of hydrogen-bond donors (Lipinski definition) is 2. The summed E-state index contributed by atoms with van der Waals surface area (Å²) >= 11 is 0. The van der Waals surface area contributed by atoms with E-state index < -0.39 is 33.5 Å². The van der Waals surface area contributed by atoms with E-state index in [1.54, 1.807) is 9.21 Å². The van der Waals surface area contributed by atoms with Crippen molar-refractivity contribution in [3.8, 4) is 0 Å². The Morgan fingerprint density at radius 2 is 1.67 bits per heavy atom. The molecule has 4 rings (SSSR count). The molecule has 11 heteroatoms. The van der Waals surface area contributed by atoms with Crippen LogP contribution in [0.15, 0.2) is 12.1 Å². The molecule has 3 N–H and O–H groups in total. The minimum Gasteiger partial charge on any atom is -0.337 e. The van der Waals surface area contributed by atoms with E-state index in [0.29, 0.717) is 32.0 Å². The highest BCUT2D eigenvalue weighted by Crippen LogP contribution is 2.42. The molecule has 0 aromatic heterocycles. The summed E-state index contributed by atoms with van der Waals surface area (Å²) in [6.45, 7) is 1.46. The molecule has 3 fully saturated rings. The number of hydrogen-bond acceptors (Lipinski definition) is 4. The maximum atomic E-state index is 14.0. The predicted molar refractivity (Wildman–Crippen MR) is 117 cm³/mol. The van der Waals surface area contributed by atoms with E-state index in [4.69, 9.17) is 5.73 Å². The fraction of sp³-hybridized carbons (Fsp3) is 0.682. The van der Waals surface area contributed by atoms with Crippen LogP contribution in [0.2, 0.25) is 0 Å². The summed E-state index contributed by atoms with van der Waals surface area (Å²) < 4.78 is 68.4. The van der Waals surface area contributed by atoms with E-state index in [0.717, 1.165) is 31.7 Å². The number of urea groups is 1. The number of amides is 2. The standard InChI is InChI=1S/C22H31F3N4O3S/c23-18-13-20(25)19(24)11-14(18)12-21(26)15-9-16-3-4-17(10-15)29(16)33(31,32)8-5-27-22(30)28-6-1-2-7-28/h11,13,15-17,21H,1-10,12,26H2,(H,27,30)/t15?,16-,17+,21?. The summed E-state index contributed by atoms with van der Waals surface area (Å²) in [4.78, 5) is 13.8. The second kappa shape index (κ2) is 9.79. The van der Waals surface area contributed by atoms with E-state index in [9.17, 15) is 26.4 Å². The lowest BCUT2D eigenvalue weighted by Crippen LogP contribution is -2.52. The van der Waals surface area contributed by atoms with Gasteiger partial charge in [0.2, 0.25) is 10.0 Å². The van der Waals surface area contributed by atoms with E-state index in [1.165, 1.54) is 0 Å². The average Bonchev–Trinajstić information content (AvgIpc) is 3.39. The summed E-state index contributed by atoms with van der Waals surface area (Å²) in [5.41, 5.74) is 6.34. The number of carbonyl (C=O) groups excluding carboxylic acids is 1. The Kier molecular flexibility index (Phi) is 7.20. The van der Waals surface area contributed by atoms with Crippen LogP contribution in [-0.4, -0.2) is 67.2 Å². The molecule has 4 atom stereocenters. The largest absolute Gasteiger partial charge is 0.337 e. The van der Waals surface area contributed by atoms with Crippen molar-refractivity contribution in [2.24, 2.45) is 11.7 Å². The molecule has 0 spiro atoms. The quantitative estimate of drug-likeness (QED) is 0.576. The van der Waals surface area contributed by atoms with Gasteiger partial charge in [-0.25, -0.2) is 26.4 Å². The molecule has 2 unspecified atom stereocenters. The molecule has 2 amide bonds. The van der Waals surface area contributed by atoms with Crippen molar-refractivity contribution in [2.75, 3.05) is 25.4 Å². The highest BCUT2D eigenvalue weighted by Gasteiger charge is 2.47. The number of halogens is 3. The average molecular weight is 489 g/mol. The summed E-state index contributed by atoms with van der Waals surface area (Å²) in [5, 5.41) is 2.71. The van der Waals surface area contributed by atoms with E-state index in [2.05, 4.69) is 5.32 Å². The lowest BCUT2D eigenvalue weighted by atomic mass is 9.83. The molecule has 7 nitrogen and oxygen atoms in total. The molecule has 3 heterocycles. The summed E-state index contributed by atoms with van der Waals surface area (Å²) in [7, 11) is -3.56. The van der Waals surface area contributed by atoms with Gasteiger partial charge in [-0.3, -0.25) is 0 Å². The summed E-state index contributed by atoms with van der Waals surface area (Å²) in [6, 6.07) is 0.285. The maximum absolute atomic E-state index is 14.0.